The van der Waals surface area contributed by atoms with Crippen LogP contribution in [0.15, 0.2) is 36.5 Å². The standard InChI is InChI=1S/C16H22N6/c17-13-8-4-5-9-14(13)22(18)15-10-11-19-16(21-15)20-12-6-2-1-3-7-12/h4-5,8-12H,1-3,6-7,17-18H2,(H,19,20,21). The number of aromatic nitrogens is 2. The zero-order chi connectivity index (χ0) is 15.4. The van der Waals surface area contributed by atoms with Gasteiger partial charge in [0.15, 0.2) is 5.82 Å². The number of nitrogens with two attached hydrogens (primary N) is 2. The van der Waals surface area contributed by atoms with E-state index in [1.807, 2.05) is 24.3 Å². The van der Waals surface area contributed by atoms with Gasteiger partial charge in [-0.3, -0.25) is 5.01 Å². The van der Waals surface area contributed by atoms with Crippen molar-refractivity contribution in [1.82, 2.24) is 9.97 Å². The van der Waals surface area contributed by atoms with E-state index in [9.17, 15) is 0 Å². The molecule has 6 heteroatoms. The number of anilines is 4. The molecule has 1 heterocycles. The molecule has 5 N–H and O–H groups in total. The molecule has 2 aromatic rings. The number of nitrogens with zero attached hydrogens (tertiary/aromatic N) is 3. The minimum Gasteiger partial charge on any atom is -0.397 e. The Morgan fingerprint density at radius 1 is 1.09 bits per heavy atom. The minimum atomic E-state index is 0.456. The van der Waals surface area contributed by atoms with Gasteiger partial charge in [0.1, 0.15) is 0 Å². The Hall–Kier alpha value is -2.34. The normalized spacial score (nSPS) is 15.5. The topological polar surface area (TPSA) is 93.1 Å². The van der Waals surface area contributed by atoms with Gasteiger partial charge in [0, 0.05) is 18.3 Å². The van der Waals surface area contributed by atoms with E-state index in [4.69, 9.17) is 11.6 Å². The van der Waals surface area contributed by atoms with Gasteiger partial charge in [-0.1, -0.05) is 31.4 Å². The van der Waals surface area contributed by atoms with E-state index in [1.54, 1.807) is 12.3 Å². The van der Waals surface area contributed by atoms with Crippen molar-refractivity contribution in [3.8, 4) is 0 Å². The molecule has 0 radical (unpaired) electrons. The van der Waals surface area contributed by atoms with E-state index in [2.05, 4.69) is 15.3 Å². The summed E-state index contributed by atoms with van der Waals surface area (Å²) in [6.07, 6.45) is 7.91. The summed E-state index contributed by atoms with van der Waals surface area (Å²) in [6, 6.07) is 9.69. The second kappa shape index (κ2) is 6.62. The summed E-state index contributed by atoms with van der Waals surface area (Å²) in [4.78, 5) is 8.80. The van der Waals surface area contributed by atoms with E-state index in [0.29, 0.717) is 23.5 Å². The van der Waals surface area contributed by atoms with Gasteiger partial charge in [0.05, 0.1) is 11.4 Å². The molecule has 1 aromatic heterocycles. The summed E-state index contributed by atoms with van der Waals surface area (Å²) in [6.45, 7) is 0. The first-order valence-corrected chi connectivity index (χ1v) is 7.73. The molecule has 22 heavy (non-hydrogen) atoms. The molecule has 0 atom stereocenters. The van der Waals surface area contributed by atoms with E-state index < -0.39 is 0 Å². The molecule has 1 aromatic carbocycles. The van der Waals surface area contributed by atoms with Gasteiger partial charge >= 0.3 is 0 Å². The van der Waals surface area contributed by atoms with Crippen molar-refractivity contribution < 1.29 is 0 Å². The summed E-state index contributed by atoms with van der Waals surface area (Å²) >= 11 is 0. The van der Waals surface area contributed by atoms with Crippen LogP contribution in [-0.2, 0) is 0 Å². The quantitative estimate of drug-likeness (QED) is 0.456. The van der Waals surface area contributed by atoms with Crippen LogP contribution in [0, 0.1) is 0 Å². The average molecular weight is 298 g/mol. The van der Waals surface area contributed by atoms with Crippen molar-refractivity contribution in [2.75, 3.05) is 16.1 Å². The number of rotatable bonds is 4. The van der Waals surface area contributed by atoms with E-state index in [1.165, 1.54) is 37.1 Å². The Bertz CT molecular complexity index is 624. The van der Waals surface area contributed by atoms with Crippen molar-refractivity contribution in [2.24, 2.45) is 5.84 Å². The molecule has 1 saturated carbocycles. The number of hydrogen-bond donors (Lipinski definition) is 3. The lowest BCUT2D eigenvalue weighted by Gasteiger charge is -2.24. The smallest absolute Gasteiger partial charge is 0.224 e. The minimum absolute atomic E-state index is 0.456. The third-order valence-electron chi connectivity index (χ3n) is 4.02. The first-order chi connectivity index (χ1) is 10.7. The van der Waals surface area contributed by atoms with Gasteiger partial charge in [-0.25, -0.2) is 10.8 Å². The molecule has 3 rings (SSSR count). The number of benzene rings is 1. The molecule has 0 spiro atoms. The Kier molecular flexibility index (Phi) is 4.39. The number of nitrogen functional groups attached to an aromatic ring is 1. The summed E-state index contributed by atoms with van der Waals surface area (Å²) < 4.78 is 0. The van der Waals surface area contributed by atoms with Crippen LogP contribution in [0.4, 0.5) is 23.1 Å². The Morgan fingerprint density at radius 2 is 1.86 bits per heavy atom. The fourth-order valence-electron chi connectivity index (χ4n) is 2.81. The Labute approximate surface area is 130 Å². The van der Waals surface area contributed by atoms with Crippen LogP contribution in [0.1, 0.15) is 32.1 Å². The monoisotopic (exact) mass is 298 g/mol. The Morgan fingerprint density at radius 3 is 2.64 bits per heavy atom. The van der Waals surface area contributed by atoms with Crippen molar-refractivity contribution >= 4 is 23.1 Å². The predicted octanol–water partition coefficient (Wildman–Crippen LogP) is 2.82. The zero-order valence-electron chi connectivity index (χ0n) is 12.6. The van der Waals surface area contributed by atoms with Gasteiger partial charge in [-0.2, -0.15) is 4.98 Å². The molecule has 116 valence electrons. The maximum atomic E-state index is 6.15. The van der Waals surface area contributed by atoms with Crippen LogP contribution < -0.4 is 21.9 Å². The maximum absolute atomic E-state index is 6.15. The molecule has 1 fully saturated rings. The van der Waals surface area contributed by atoms with Crippen molar-refractivity contribution in [1.29, 1.82) is 0 Å². The predicted molar refractivity (Wildman–Crippen MR) is 89.7 cm³/mol. The van der Waals surface area contributed by atoms with Crippen LogP contribution >= 0.6 is 0 Å². The number of hydrazine groups is 1. The van der Waals surface area contributed by atoms with Crippen LogP contribution in [0.2, 0.25) is 0 Å². The molecule has 0 saturated heterocycles. The number of para-hydroxylation sites is 2. The highest BCUT2D eigenvalue weighted by atomic mass is 15.4. The van der Waals surface area contributed by atoms with Gasteiger partial charge < -0.3 is 11.1 Å². The summed E-state index contributed by atoms with van der Waals surface area (Å²) in [5.41, 5.74) is 7.31. The van der Waals surface area contributed by atoms with Crippen LogP contribution in [0.25, 0.3) is 0 Å². The molecular weight excluding hydrogens is 276 g/mol. The molecule has 1 aliphatic rings. The summed E-state index contributed by atoms with van der Waals surface area (Å²) in [7, 11) is 0. The molecule has 0 amide bonds. The second-order valence-corrected chi connectivity index (χ2v) is 5.65. The van der Waals surface area contributed by atoms with Gasteiger partial charge in [-0.15, -0.1) is 0 Å². The highest BCUT2D eigenvalue weighted by Gasteiger charge is 2.15. The van der Waals surface area contributed by atoms with E-state index in [0.717, 1.165) is 5.69 Å². The third-order valence-corrected chi connectivity index (χ3v) is 4.02. The van der Waals surface area contributed by atoms with Crippen LogP contribution in [-0.4, -0.2) is 16.0 Å². The maximum Gasteiger partial charge on any atom is 0.224 e. The average Bonchev–Trinajstić information content (AvgIpc) is 2.56. The first-order valence-electron chi connectivity index (χ1n) is 7.73. The second-order valence-electron chi connectivity index (χ2n) is 5.65. The van der Waals surface area contributed by atoms with Crippen molar-refractivity contribution in [3.63, 3.8) is 0 Å². The molecule has 0 aliphatic heterocycles. The molecule has 1 aliphatic carbocycles. The highest BCUT2D eigenvalue weighted by Crippen LogP contribution is 2.26. The first kappa shape index (κ1) is 14.6. The Balaban J connectivity index is 1.77. The van der Waals surface area contributed by atoms with Crippen molar-refractivity contribution in [2.45, 2.75) is 38.1 Å². The van der Waals surface area contributed by atoms with Gasteiger partial charge in [0.25, 0.3) is 0 Å². The van der Waals surface area contributed by atoms with Crippen LogP contribution in [0.5, 0.6) is 0 Å². The van der Waals surface area contributed by atoms with E-state index >= 15 is 0 Å². The zero-order valence-corrected chi connectivity index (χ0v) is 12.6. The number of nitrogens with one attached hydrogen (secondary N) is 1. The lowest BCUT2D eigenvalue weighted by atomic mass is 9.96. The SMILES string of the molecule is Nc1ccccc1N(N)c1ccnc(NC2CCCCC2)n1. The molecule has 0 unspecified atom stereocenters. The van der Waals surface area contributed by atoms with Gasteiger partial charge in [0.2, 0.25) is 5.95 Å². The fourth-order valence-corrected chi connectivity index (χ4v) is 2.81. The van der Waals surface area contributed by atoms with Crippen molar-refractivity contribution in [3.05, 3.63) is 36.5 Å². The van der Waals surface area contributed by atoms with E-state index in [-0.39, 0.29) is 0 Å². The summed E-state index contributed by atoms with van der Waals surface area (Å²) in [5.74, 6) is 7.39. The van der Waals surface area contributed by atoms with Crippen LogP contribution in [0.3, 0.4) is 0 Å². The largest absolute Gasteiger partial charge is 0.397 e. The third kappa shape index (κ3) is 3.28. The lowest BCUT2D eigenvalue weighted by molar-refractivity contribution is 0.461. The molecule has 6 nitrogen and oxygen atoms in total. The summed E-state index contributed by atoms with van der Waals surface area (Å²) in [5, 5.41) is 4.90. The highest BCUT2D eigenvalue weighted by molar-refractivity contribution is 5.72. The molecule has 0 bridgehead atoms. The van der Waals surface area contributed by atoms with Gasteiger partial charge in [-0.05, 0) is 25.0 Å². The lowest BCUT2D eigenvalue weighted by Crippen LogP contribution is -2.28. The number of hydrogen-bond acceptors (Lipinski definition) is 6. The molecular formula is C16H22N6. The fraction of sp³-hybridized carbons (Fsp3) is 0.375.